The van der Waals surface area contributed by atoms with Crippen molar-refractivity contribution in [2.75, 3.05) is 17.2 Å². The average molecular weight is 251 g/mol. The highest BCUT2D eigenvalue weighted by Crippen LogP contribution is 2.22. The van der Waals surface area contributed by atoms with Crippen LogP contribution in [0.25, 0.3) is 0 Å². The number of nitrogens with zero attached hydrogens (tertiary/aromatic N) is 2. The lowest BCUT2D eigenvalue weighted by Crippen LogP contribution is -2.22. The zero-order chi connectivity index (χ0) is 13.7. The van der Waals surface area contributed by atoms with Crippen LogP contribution in [0.2, 0.25) is 0 Å². The van der Waals surface area contributed by atoms with Gasteiger partial charge >= 0.3 is 0 Å². The maximum absolute atomic E-state index is 9.18. The first-order valence-electron chi connectivity index (χ1n) is 6.33. The average Bonchev–Trinajstić information content (AvgIpc) is 2.45. The Morgan fingerprint density at radius 2 is 1.95 bits per heavy atom. The van der Waals surface area contributed by atoms with Gasteiger partial charge in [-0.15, -0.1) is 0 Å². The molecule has 2 rings (SSSR count). The molecule has 96 valence electrons. The molecule has 0 aliphatic carbocycles. The fourth-order valence-electron chi connectivity index (χ4n) is 2.12. The fraction of sp³-hybridized carbons (Fsp3) is 0.188. The molecule has 2 aromatic rings. The van der Waals surface area contributed by atoms with Crippen molar-refractivity contribution < 1.29 is 0 Å². The molecule has 2 N–H and O–H groups in total. The molecular weight excluding hydrogens is 234 g/mol. The molecule has 0 bridgehead atoms. The summed E-state index contributed by atoms with van der Waals surface area (Å²) in [6.07, 6.45) is 0. The Kier molecular flexibility index (Phi) is 4.04. The van der Waals surface area contributed by atoms with Crippen LogP contribution in [0, 0.1) is 11.3 Å². The highest BCUT2D eigenvalue weighted by Gasteiger charge is 2.09. The summed E-state index contributed by atoms with van der Waals surface area (Å²) < 4.78 is 0. The Bertz CT molecular complexity index is 599. The van der Waals surface area contributed by atoms with E-state index in [1.807, 2.05) is 48.5 Å². The molecule has 0 saturated carbocycles. The van der Waals surface area contributed by atoms with Gasteiger partial charge in [-0.25, -0.2) is 0 Å². The lowest BCUT2D eigenvalue weighted by molar-refractivity contribution is 0.830. The van der Waals surface area contributed by atoms with Crippen LogP contribution in [0.3, 0.4) is 0 Å². The molecule has 0 aliphatic heterocycles. The molecule has 0 amide bonds. The monoisotopic (exact) mass is 251 g/mol. The smallest absolute Gasteiger partial charge is 0.101 e. The molecule has 0 aliphatic rings. The van der Waals surface area contributed by atoms with E-state index in [-0.39, 0.29) is 0 Å². The van der Waals surface area contributed by atoms with Crippen LogP contribution in [-0.4, -0.2) is 6.54 Å². The predicted molar refractivity (Wildman–Crippen MR) is 78.7 cm³/mol. The Morgan fingerprint density at radius 1 is 1.16 bits per heavy atom. The fourth-order valence-corrected chi connectivity index (χ4v) is 2.12. The number of nitriles is 1. The van der Waals surface area contributed by atoms with Crippen LogP contribution < -0.4 is 10.6 Å². The number of rotatable bonds is 4. The van der Waals surface area contributed by atoms with Crippen molar-refractivity contribution in [3.8, 4) is 6.07 Å². The van der Waals surface area contributed by atoms with Gasteiger partial charge in [0, 0.05) is 18.8 Å². The minimum atomic E-state index is 0.702. The van der Waals surface area contributed by atoms with E-state index in [2.05, 4.69) is 17.9 Å². The zero-order valence-corrected chi connectivity index (χ0v) is 11.0. The summed E-state index contributed by atoms with van der Waals surface area (Å²) >= 11 is 0. The van der Waals surface area contributed by atoms with Crippen molar-refractivity contribution in [3.05, 3.63) is 59.7 Å². The largest absolute Gasteiger partial charge is 0.399 e. The van der Waals surface area contributed by atoms with E-state index < -0.39 is 0 Å². The lowest BCUT2D eigenvalue weighted by Gasteiger charge is -2.24. The van der Waals surface area contributed by atoms with Gasteiger partial charge in [0.1, 0.15) is 6.07 Å². The quantitative estimate of drug-likeness (QED) is 0.849. The molecule has 19 heavy (non-hydrogen) atoms. The van der Waals surface area contributed by atoms with E-state index in [1.54, 1.807) is 0 Å². The Labute approximate surface area is 113 Å². The van der Waals surface area contributed by atoms with Gasteiger partial charge in [-0.05, 0) is 36.8 Å². The molecule has 0 fully saturated rings. The number of nitrogen functional groups attached to an aromatic ring is 1. The van der Waals surface area contributed by atoms with E-state index in [4.69, 9.17) is 5.73 Å². The minimum Gasteiger partial charge on any atom is -0.399 e. The van der Waals surface area contributed by atoms with Gasteiger partial charge in [-0.1, -0.05) is 24.3 Å². The summed E-state index contributed by atoms with van der Waals surface area (Å²) in [4.78, 5) is 2.17. The molecule has 3 nitrogen and oxygen atoms in total. The Morgan fingerprint density at radius 3 is 2.63 bits per heavy atom. The second-order valence-corrected chi connectivity index (χ2v) is 4.39. The van der Waals surface area contributed by atoms with Crippen molar-refractivity contribution in [1.29, 1.82) is 5.26 Å². The lowest BCUT2D eigenvalue weighted by atomic mass is 10.1. The summed E-state index contributed by atoms with van der Waals surface area (Å²) in [7, 11) is 0. The van der Waals surface area contributed by atoms with E-state index in [0.717, 1.165) is 30.0 Å². The van der Waals surface area contributed by atoms with Crippen LogP contribution in [0.15, 0.2) is 48.5 Å². The molecule has 0 atom stereocenters. The third-order valence-corrected chi connectivity index (χ3v) is 3.07. The van der Waals surface area contributed by atoms with Crippen molar-refractivity contribution in [2.24, 2.45) is 0 Å². The van der Waals surface area contributed by atoms with Crippen LogP contribution in [0.1, 0.15) is 18.1 Å². The summed E-state index contributed by atoms with van der Waals surface area (Å²) in [6, 6.07) is 17.8. The standard InChI is InChI=1S/C16H17N3/c1-2-19(12-13-6-5-8-15(18)10-13)16-9-4-3-7-14(16)11-17/h3-10H,2,12,18H2,1H3. The van der Waals surface area contributed by atoms with E-state index in [1.165, 1.54) is 0 Å². The third-order valence-electron chi connectivity index (χ3n) is 3.07. The van der Waals surface area contributed by atoms with Crippen LogP contribution in [0.5, 0.6) is 0 Å². The molecule has 0 aromatic heterocycles. The van der Waals surface area contributed by atoms with E-state index in [9.17, 15) is 5.26 Å². The van der Waals surface area contributed by atoms with Crippen molar-refractivity contribution >= 4 is 11.4 Å². The minimum absolute atomic E-state index is 0.702. The van der Waals surface area contributed by atoms with Gasteiger partial charge in [0.15, 0.2) is 0 Å². The van der Waals surface area contributed by atoms with Gasteiger partial charge in [-0.3, -0.25) is 0 Å². The molecule has 0 unspecified atom stereocenters. The number of para-hydroxylation sites is 1. The molecule has 0 heterocycles. The zero-order valence-electron chi connectivity index (χ0n) is 11.0. The number of anilines is 2. The molecular formula is C16H17N3. The van der Waals surface area contributed by atoms with Gasteiger partial charge in [-0.2, -0.15) is 5.26 Å². The third kappa shape index (κ3) is 3.05. The molecule has 0 spiro atoms. The molecule has 3 heteroatoms. The molecule has 2 aromatic carbocycles. The summed E-state index contributed by atoms with van der Waals surface area (Å²) in [5.41, 5.74) is 9.38. The van der Waals surface area contributed by atoms with Crippen LogP contribution in [-0.2, 0) is 6.54 Å². The topological polar surface area (TPSA) is 53.0 Å². The first-order chi connectivity index (χ1) is 9.24. The van der Waals surface area contributed by atoms with E-state index >= 15 is 0 Å². The Hall–Kier alpha value is -2.47. The van der Waals surface area contributed by atoms with Gasteiger partial charge in [0.05, 0.1) is 11.3 Å². The Balaban J connectivity index is 2.28. The highest BCUT2D eigenvalue weighted by atomic mass is 15.1. The molecule has 0 saturated heterocycles. The number of nitrogens with two attached hydrogens (primary N) is 1. The van der Waals surface area contributed by atoms with Gasteiger partial charge in [0.2, 0.25) is 0 Å². The first-order valence-corrected chi connectivity index (χ1v) is 6.33. The highest BCUT2D eigenvalue weighted by molar-refractivity contribution is 5.59. The van der Waals surface area contributed by atoms with Crippen LogP contribution >= 0.6 is 0 Å². The van der Waals surface area contributed by atoms with Crippen molar-refractivity contribution in [2.45, 2.75) is 13.5 Å². The van der Waals surface area contributed by atoms with Gasteiger partial charge in [0.25, 0.3) is 0 Å². The second-order valence-electron chi connectivity index (χ2n) is 4.39. The molecule has 0 radical (unpaired) electrons. The number of hydrogen-bond acceptors (Lipinski definition) is 3. The summed E-state index contributed by atoms with van der Waals surface area (Å²) in [5, 5.41) is 9.18. The van der Waals surface area contributed by atoms with Crippen molar-refractivity contribution in [1.82, 2.24) is 0 Å². The summed E-state index contributed by atoms with van der Waals surface area (Å²) in [6.45, 7) is 3.67. The van der Waals surface area contributed by atoms with E-state index in [0.29, 0.717) is 5.56 Å². The summed E-state index contributed by atoms with van der Waals surface area (Å²) in [5.74, 6) is 0. The van der Waals surface area contributed by atoms with Crippen molar-refractivity contribution in [3.63, 3.8) is 0 Å². The second kappa shape index (κ2) is 5.92. The maximum Gasteiger partial charge on any atom is 0.101 e. The maximum atomic E-state index is 9.18. The first kappa shape index (κ1) is 13.0. The predicted octanol–water partition coefficient (Wildman–Crippen LogP) is 3.17. The van der Waals surface area contributed by atoms with Crippen LogP contribution in [0.4, 0.5) is 11.4 Å². The van der Waals surface area contributed by atoms with Gasteiger partial charge < -0.3 is 10.6 Å². The SMILES string of the molecule is CCN(Cc1cccc(N)c1)c1ccccc1C#N. The normalized spacial score (nSPS) is 9.89. The number of benzene rings is 2. The number of hydrogen-bond donors (Lipinski definition) is 1.